The second-order valence-electron chi connectivity index (χ2n) is 4.66. The molecule has 16 heavy (non-hydrogen) atoms. The average molecular weight is 220 g/mol. The van der Waals surface area contributed by atoms with Gasteiger partial charge in [-0.15, -0.1) is 0 Å². The van der Waals surface area contributed by atoms with Crippen molar-refractivity contribution in [3.05, 3.63) is 35.9 Å². The maximum atomic E-state index is 11.8. The van der Waals surface area contributed by atoms with Crippen molar-refractivity contribution in [2.24, 2.45) is 11.8 Å². The quantitative estimate of drug-likeness (QED) is 0.775. The highest BCUT2D eigenvalue weighted by molar-refractivity contribution is 5.96. The maximum Gasteiger partial charge on any atom is 0.165 e. The Bertz CT molecular complexity index is 330. The molecule has 0 radical (unpaired) electrons. The van der Waals surface area contributed by atoms with Crippen molar-refractivity contribution in [2.45, 2.75) is 33.3 Å². The van der Waals surface area contributed by atoms with E-state index >= 15 is 0 Å². The van der Waals surface area contributed by atoms with E-state index in [-0.39, 0.29) is 18.1 Å². The first-order valence-corrected chi connectivity index (χ1v) is 5.78. The summed E-state index contributed by atoms with van der Waals surface area (Å²) < 4.78 is 0. The molecule has 0 fully saturated rings. The Morgan fingerprint density at radius 1 is 1.19 bits per heavy atom. The number of benzene rings is 1. The van der Waals surface area contributed by atoms with Crippen LogP contribution in [0.5, 0.6) is 0 Å². The van der Waals surface area contributed by atoms with Crippen molar-refractivity contribution < 1.29 is 9.90 Å². The van der Waals surface area contributed by atoms with Crippen molar-refractivity contribution in [3.8, 4) is 0 Å². The van der Waals surface area contributed by atoms with Gasteiger partial charge in [0.25, 0.3) is 0 Å². The highest BCUT2D eigenvalue weighted by Gasteiger charge is 2.20. The summed E-state index contributed by atoms with van der Waals surface area (Å²) in [5, 5.41) is 9.90. The van der Waals surface area contributed by atoms with E-state index in [1.807, 2.05) is 25.1 Å². The van der Waals surface area contributed by atoms with E-state index in [1.54, 1.807) is 12.1 Å². The standard InChI is InChI=1S/C14H20O2/c1-10(2)11(3)13(15)9-14(16)12-7-5-4-6-8-12/h4-8,10-11,13,15H,9H2,1-3H3/t11-,13+/m1/s1. The van der Waals surface area contributed by atoms with E-state index in [0.717, 1.165) is 0 Å². The molecule has 88 valence electrons. The first-order valence-electron chi connectivity index (χ1n) is 5.78. The molecule has 0 bridgehead atoms. The van der Waals surface area contributed by atoms with Gasteiger partial charge in [0.05, 0.1) is 6.10 Å². The molecule has 0 aromatic heterocycles. The van der Waals surface area contributed by atoms with Crippen molar-refractivity contribution >= 4 is 5.78 Å². The SMILES string of the molecule is CC(C)[C@@H](C)[C@@H](O)CC(=O)c1ccccc1. The third-order valence-corrected chi connectivity index (χ3v) is 3.15. The fourth-order valence-corrected chi connectivity index (χ4v) is 1.56. The molecule has 0 heterocycles. The lowest BCUT2D eigenvalue weighted by Gasteiger charge is -2.21. The van der Waals surface area contributed by atoms with Crippen LogP contribution in [0.15, 0.2) is 30.3 Å². The molecule has 2 atom stereocenters. The summed E-state index contributed by atoms with van der Waals surface area (Å²) in [6, 6.07) is 9.13. The van der Waals surface area contributed by atoms with Gasteiger partial charge in [-0.2, -0.15) is 0 Å². The van der Waals surface area contributed by atoms with Crippen molar-refractivity contribution in [1.82, 2.24) is 0 Å². The number of aliphatic hydroxyl groups is 1. The Kier molecular flexibility index (Phi) is 4.69. The molecular weight excluding hydrogens is 200 g/mol. The Hall–Kier alpha value is -1.15. The Morgan fingerprint density at radius 3 is 2.25 bits per heavy atom. The summed E-state index contributed by atoms with van der Waals surface area (Å²) in [4.78, 5) is 11.8. The van der Waals surface area contributed by atoms with Gasteiger partial charge in [0.2, 0.25) is 0 Å². The minimum absolute atomic E-state index is 0.0144. The molecule has 0 saturated carbocycles. The summed E-state index contributed by atoms with van der Waals surface area (Å²) >= 11 is 0. The van der Waals surface area contributed by atoms with Crippen LogP contribution < -0.4 is 0 Å². The predicted octanol–water partition coefficient (Wildman–Crippen LogP) is 2.91. The predicted molar refractivity (Wildman–Crippen MR) is 65.4 cm³/mol. The lowest BCUT2D eigenvalue weighted by atomic mass is 9.88. The van der Waals surface area contributed by atoms with Gasteiger partial charge in [0, 0.05) is 12.0 Å². The van der Waals surface area contributed by atoms with Gasteiger partial charge in [-0.05, 0) is 11.8 Å². The smallest absolute Gasteiger partial charge is 0.165 e. The van der Waals surface area contributed by atoms with E-state index in [9.17, 15) is 9.90 Å². The molecule has 1 aromatic rings. The van der Waals surface area contributed by atoms with Crippen LogP contribution in [0.1, 0.15) is 37.6 Å². The average Bonchev–Trinajstić information content (AvgIpc) is 2.28. The number of aliphatic hydroxyl groups excluding tert-OH is 1. The third kappa shape index (κ3) is 3.46. The molecule has 1 rings (SSSR count). The fourth-order valence-electron chi connectivity index (χ4n) is 1.56. The zero-order chi connectivity index (χ0) is 12.1. The van der Waals surface area contributed by atoms with E-state index in [0.29, 0.717) is 11.5 Å². The lowest BCUT2D eigenvalue weighted by molar-refractivity contribution is 0.0672. The number of rotatable bonds is 5. The molecule has 1 aromatic carbocycles. The van der Waals surface area contributed by atoms with Gasteiger partial charge in [-0.3, -0.25) is 4.79 Å². The zero-order valence-corrected chi connectivity index (χ0v) is 10.2. The number of hydrogen-bond donors (Lipinski definition) is 1. The van der Waals surface area contributed by atoms with E-state index < -0.39 is 6.10 Å². The van der Waals surface area contributed by atoms with Crippen LogP contribution in [-0.4, -0.2) is 17.0 Å². The van der Waals surface area contributed by atoms with Crippen LogP contribution in [0.25, 0.3) is 0 Å². The minimum Gasteiger partial charge on any atom is -0.392 e. The Balaban J connectivity index is 2.59. The normalized spacial score (nSPS) is 14.8. The Morgan fingerprint density at radius 2 is 1.75 bits per heavy atom. The molecule has 0 spiro atoms. The van der Waals surface area contributed by atoms with Crippen molar-refractivity contribution in [1.29, 1.82) is 0 Å². The minimum atomic E-state index is -0.548. The Labute approximate surface area is 97.3 Å². The van der Waals surface area contributed by atoms with Crippen LogP contribution in [0.2, 0.25) is 0 Å². The molecule has 2 heteroatoms. The summed E-state index contributed by atoms with van der Waals surface area (Å²) in [5.74, 6) is 0.548. The van der Waals surface area contributed by atoms with Crippen LogP contribution in [-0.2, 0) is 0 Å². The highest BCUT2D eigenvalue weighted by Crippen LogP contribution is 2.18. The van der Waals surface area contributed by atoms with Gasteiger partial charge < -0.3 is 5.11 Å². The second-order valence-corrected chi connectivity index (χ2v) is 4.66. The molecule has 0 saturated heterocycles. The van der Waals surface area contributed by atoms with Crippen LogP contribution in [0.3, 0.4) is 0 Å². The van der Waals surface area contributed by atoms with E-state index in [4.69, 9.17) is 0 Å². The maximum absolute atomic E-state index is 11.8. The summed E-state index contributed by atoms with van der Waals surface area (Å²) in [7, 11) is 0. The van der Waals surface area contributed by atoms with Crippen molar-refractivity contribution in [2.75, 3.05) is 0 Å². The molecule has 2 nitrogen and oxygen atoms in total. The van der Waals surface area contributed by atoms with Crippen LogP contribution >= 0.6 is 0 Å². The summed E-state index contributed by atoms with van der Waals surface area (Å²) in [5.41, 5.74) is 0.678. The number of hydrogen-bond acceptors (Lipinski definition) is 2. The molecular formula is C14H20O2. The first kappa shape index (κ1) is 12.9. The number of carbonyl (C=O) groups excluding carboxylic acids is 1. The van der Waals surface area contributed by atoms with E-state index in [1.165, 1.54) is 0 Å². The lowest BCUT2D eigenvalue weighted by Crippen LogP contribution is -2.25. The molecule has 0 aliphatic rings. The summed E-state index contributed by atoms with van der Waals surface area (Å²) in [6.45, 7) is 6.09. The topological polar surface area (TPSA) is 37.3 Å². The van der Waals surface area contributed by atoms with Crippen LogP contribution in [0.4, 0.5) is 0 Å². The second kappa shape index (κ2) is 5.80. The third-order valence-electron chi connectivity index (χ3n) is 3.15. The number of Topliss-reactive ketones (excluding diaryl/α,β-unsaturated/α-hetero) is 1. The number of ketones is 1. The van der Waals surface area contributed by atoms with Gasteiger partial charge >= 0.3 is 0 Å². The van der Waals surface area contributed by atoms with E-state index in [2.05, 4.69) is 13.8 Å². The van der Waals surface area contributed by atoms with Gasteiger partial charge in [-0.1, -0.05) is 51.1 Å². The molecule has 0 amide bonds. The summed E-state index contributed by atoms with van der Waals surface area (Å²) in [6.07, 6.45) is -0.337. The van der Waals surface area contributed by atoms with Gasteiger partial charge in [0.1, 0.15) is 0 Å². The van der Waals surface area contributed by atoms with Gasteiger partial charge in [0.15, 0.2) is 5.78 Å². The van der Waals surface area contributed by atoms with Crippen LogP contribution in [0, 0.1) is 11.8 Å². The monoisotopic (exact) mass is 220 g/mol. The molecule has 1 N–H and O–H groups in total. The number of carbonyl (C=O) groups is 1. The van der Waals surface area contributed by atoms with Gasteiger partial charge in [-0.25, -0.2) is 0 Å². The highest BCUT2D eigenvalue weighted by atomic mass is 16.3. The fraction of sp³-hybridized carbons (Fsp3) is 0.500. The first-order chi connectivity index (χ1) is 7.52. The largest absolute Gasteiger partial charge is 0.392 e. The molecule has 0 unspecified atom stereocenters. The molecule has 0 aliphatic heterocycles. The van der Waals surface area contributed by atoms with Crippen molar-refractivity contribution in [3.63, 3.8) is 0 Å². The molecule has 0 aliphatic carbocycles. The zero-order valence-electron chi connectivity index (χ0n) is 10.2.